The summed E-state index contributed by atoms with van der Waals surface area (Å²) in [7, 11) is 0. The van der Waals surface area contributed by atoms with Crippen molar-refractivity contribution in [2.75, 3.05) is 37.8 Å². The average molecular weight is 294 g/mol. The number of halogens is 1. The SMILES string of the molecule is N#Cc1nc(N2CCOC3(CCOCC3)C2)ccc1Cl. The van der Waals surface area contributed by atoms with Crippen LogP contribution in [-0.4, -0.2) is 43.5 Å². The molecule has 0 saturated carbocycles. The van der Waals surface area contributed by atoms with Gasteiger partial charge in [-0.15, -0.1) is 0 Å². The van der Waals surface area contributed by atoms with Crippen LogP contribution >= 0.6 is 11.6 Å². The number of nitrogens with zero attached hydrogens (tertiary/aromatic N) is 3. The van der Waals surface area contributed by atoms with Gasteiger partial charge < -0.3 is 14.4 Å². The second-order valence-corrected chi connectivity index (χ2v) is 5.58. The topological polar surface area (TPSA) is 58.4 Å². The van der Waals surface area contributed by atoms with Gasteiger partial charge in [0, 0.05) is 39.1 Å². The second-order valence-electron chi connectivity index (χ2n) is 5.18. The van der Waals surface area contributed by atoms with E-state index in [1.54, 1.807) is 6.07 Å². The van der Waals surface area contributed by atoms with Gasteiger partial charge in [0.15, 0.2) is 5.69 Å². The summed E-state index contributed by atoms with van der Waals surface area (Å²) < 4.78 is 11.4. The first-order valence-corrected chi connectivity index (χ1v) is 7.14. The summed E-state index contributed by atoms with van der Waals surface area (Å²) in [5.41, 5.74) is 0.140. The van der Waals surface area contributed by atoms with Crippen LogP contribution in [0.25, 0.3) is 0 Å². The number of pyridine rings is 1. The molecule has 106 valence electrons. The summed E-state index contributed by atoms with van der Waals surface area (Å²) in [5, 5.41) is 9.42. The molecule has 0 atom stereocenters. The summed E-state index contributed by atoms with van der Waals surface area (Å²) in [4.78, 5) is 6.51. The molecule has 1 spiro atoms. The zero-order chi connectivity index (χ0) is 14.0. The molecule has 0 amide bonds. The number of hydrogen-bond acceptors (Lipinski definition) is 5. The Morgan fingerprint density at radius 2 is 2.10 bits per heavy atom. The van der Waals surface area contributed by atoms with Crippen LogP contribution in [0.5, 0.6) is 0 Å². The number of aromatic nitrogens is 1. The van der Waals surface area contributed by atoms with Crippen molar-refractivity contribution in [1.29, 1.82) is 5.26 Å². The van der Waals surface area contributed by atoms with E-state index in [9.17, 15) is 0 Å². The van der Waals surface area contributed by atoms with Gasteiger partial charge in [-0.1, -0.05) is 11.6 Å². The fraction of sp³-hybridized carbons (Fsp3) is 0.571. The van der Waals surface area contributed by atoms with Crippen LogP contribution in [0, 0.1) is 11.3 Å². The van der Waals surface area contributed by atoms with Crippen LogP contribution < -0.4 is 4.90 Å². The molecule has 2 saturated heterocycles. The molecule has 0 bridgehead atoms. The summed E-state index contributed by atoms with van der Waals surface area (Å²) in [5.74, 6) is 0.792. The Morgan fingerprint density at radius 1 is 1.30 bits per heavy atom. The van der Waals surface area contributed by atoms with Crippen LogP contribution in [0.3, 0.4) is 0 Å². The van der Waals surface area contributed by atoms with Crippen molar-refractivity contribution in [3.05, 3.63) is 22.8 Å². The average Bonchev–Trinajstić information content (AvgIpc) is 2.48. The first-order valence-electron chi connectivity index (χ1n) is 6.76. The highest BCUT2D eigenvalue weighted by molar-refractivity contribution is 6.31. The molecular weight excluding hydrogens is 278 g/mol. The van der Waals surface area contributed by atoms with Crippen molar-refractivity contribution in [3.63, 3.8) is 0 Å². The van der Waals surface area contributed by atoms with Crippen molar-refractivity contribution in [1.82, 2.24) is 4.98 Å². The largest absolute Gasteiger partial charge is 0.381 e. The zero-order valence-electron chi connectivity index (χ0n) is 11.1. The molecule has 5 nitrogen and oxygen atoms in total. The minimum Gasteiger partial charge on any atom is -0.381 e. The highest BCUT2D eigenvalue weighted by atomic mass is 35.5. The first kappa shape index (κ1) is 13.6. The highest BCUT2D eigenvalue weighted by Crippen LogP contribution is 2.31. The molecule has 0 radical (unpaired) electrons. The number of rotatable bonds is 1. The third-order valence-corrected chi connectivity index (χ3v) is 4.22. The Balaban J connectivity index is 1.81. The van der Waals surface area contributed by atoms with Crippen LogP contribution in [0.15, 0.2) is 12.1 Å². The minimum absolute atomic E-state index is 0.134. The molecule has 2 aliphatic rings. The fourth-order valence-electron chi connectivity index (χ4n) is 2.77. The normalized spacial score (nSPS) is 21.7. The van der Waals surface area contributed by atoms with Crippen molar-refractivity contribution in [3.8, 4) is 6.07 Å². The lowest BCUT2D eigenvalue weighted by Crippen LogP contribution is -2.54. The van der Waals surface area contributed by atoms with E-state index < -0.39 is 0 Å². The van der Waals surface area contributed by atoms with Crippen molar-refractivity contribution in [2.45, 2.75) is 18.4 Å². The van der Waals surface area contributed by atoms with E-state index in [0.29, 0.717) is 11.6 Å². The summed E-state index contributed by atoms with van der Waals surface area (Å²) in [6.07, 6.45) is 1.81. The summed E-state index contributed by atoms with van der Waals surface area (Å²) in [6, 6.07) is 5.62. The van der Waals surface area contributed by atoms with Crippen LogP contribution in [-0.2, 0) is 9.47 Å². The third kappa shape index (κ3) is 2.59. The minimum atomic E-state index is -0.134. The molecule has 2 aliphatic heterocycles. The van der Waals surface area contributed by atoms with Crippen LogP contribution in [0.4, 0.5) is 5.82 Å². The molecule has 2 fully saturated rings. The fourth-order valence-corrected chi connectivity index (χ4v) is 2.92. The van der Waals surface area contributed by atoms with E-state index in [0.717, 1.165) is 45.0 Å². The molecule has 3 heterocycles. The maximum absolute atomic E-state index is 9.03. The maximum atomic E-state index is 9.03. The lowest BCUT2D eigenvalue weighted by Gasteiger charge is -2.45. The molecule has 6 heteroatoms. The standard InChI is InChI=1S/C14H16ClN3O2/c15-11-1-2-13(17-12(11)9-16)18-5-8-20-14(10-18)3-6-19-7-4-14/h1-2H,3-8,10H2. The van der Waals surface area contributed by atoms with Gasteiger partial charge in [-0.3, -0.25) is 0 Å². The van der Waals surface area contributed by atoms with E-state index >= 15 is 0 Å². The number of morpholine rings is 1. The highest BCUT2D eigenvalue weighted by Gasteiger charge is 2.38. The second kappa shape index (κ2) is 5.57. The molecule has 1 aromatic rings. The lowest BCUT2D eigenvalue weighted by atomic mass is 9.92. The number of hydrogen-bond donors (Lipinski definition) is 0. The Labute approximate surface area is 123 Å². The van der Waals surface area contributed by atoms with E-state index in [4.69, 9.17) is 26.3 Å². The van der Waals surface area contributed by atoms with Gasteiger partial charge in [-0.25, -0.2) is 4.98 Å². The van der Waals surface area contributed by atoms with Crippen LogP contribution in [0.1, 0.15) is 18.5 Å². The van der Waals surface area contributed by atoms with Gasteiger partial charge in [0.1, 0.15) is 11.9 Å². The molecule has 20 heavy (non-hydrogen) atoms. The Morgan fingerprint density at radius 3 is 2.85 bits per heavy atom. The molecule has 0 aromatic carbocycles. The number of anilines is 1. The van der Waals surface area contributed by atoms with Gasteiger partial charge in [-0.2, -0.15) is 5.26 Å². The van der Waals surface area contributed by atoms with Gasteiger partial charge >= 0.3 is 0 Å². The van der Waals surface area contributed by atoms with E-state index in [2.05, 4.69) is 9.88 Å². The number of ether oxygens (including phenoxy) is 2. The summed E-state index contributed by atoms with van der Waals surface area (Å²) in [6.45, 7) is 3.72. The predicted octanol–water partition coefficient (Wildman–Crippen LogP) is 1.99. The van der Waals surface area contributed by atoms with Gasteiger partial charge in [0.2, 0.25) is 0 Å². The Kier molecular flexibility index (Phi) is 3.79. The molecule has 3 rings (SSSR count). The van der Waals surface area contributed by atoms with Gasteiger partial charge in [0.25, 0.3) is 0 Å². The Hall–Kier alpha value is -1.35. The molecule has 0 N–H and O–H groups in total. The maximum Gasteiger partial charge on any atom is 0.161 e. The quantitative estimate of drug-likeness (QED) is 0.792. The van der Waals surface area contributed by atoms with Crippen LogP contribution in [0.2, 0.25) is 5.02 Å². The predicted molar refractivity (Wildman–Crippen MR) is 74.9 cm³/mol. The molecular formula is C14H16ClN3O2. The van der Waals surface area contributed by atoms with Crippen molar-refractivity contribution >= 4 is 17.4 Å². The smallest absolute Gasteiger partial charge is 0.161 e. The molecule has 0 unspecified atom stereocenters. The van der Waals surface area contributed by atoms with E-state index in [1.165, 1.54) is 0 Å². The molecule has 0 aliphatic carbocycles. The van der Waals surface area contributed by atoms with Crippen molar-refractivity contribution < 1.29 is 9.47 Å². The Bertz CT molecular complexity index is 532. The molecule has 1 aromatic heterocycles. The zero-order valence-corrected chi connectivity index (χ0v) is 11.9. The summed E-state index contributed by atoms with van der Waals surface area (Å²) >= 11 is 5.93. The first-order chi connectivity index (χ1) is 9.72. The van der Waals surface area contributed by atoms with E-state index in [1.807, 2.05) is 12.1 Å². The monoisotopic (exact) mass is 293 g/mol. The van der Waals surface area contributed by atoms with Crippen molar-refractivity contribution in [2.24, 2.45) is 0 Å². The third-order valence-electron chi connectivity index (χ3n) is 3.91. The lowest BCUT2D eigenvalue weighted by molar-refractivity contribution is -0.116. The van der Waals surface area contributed by atoms with Gasteiger partial charge in [-0.05, 0) is 12.1 Å². The van der Waals surface area contributed by atoms with E-state index in [-0.39, 0.29) is 11.3 Å². The van der Waals surface area contributed by atoms with Gasteiger partial charge in [0.05, 0.1) is 17.2 Å². The number of nitriles is 1.